The van der Waals surface area contributed by atoms with Crippen LogP contribution in [0.3, 0.4) is 0 Å². The Balaban J connectivity index is 0.00000280. The van der Waals surface area contributed by atoms with Gasteiger partial charge in [0.05, 0.1) is 28.5 Å². The largest absolute Gasteiger partial charge is 0.397 e. The fourth-order valence-electron chi connectivity index (χ4n) is 3.06. The smallest absolute Gasteiger partial charge is 0.255 e. The maximum absolute atomic E-state index is 12.8. The number of carbonyl (C=O) groups is 1. The number of carbonyl (C=O) groups excluding carboxylic acids is 1. The Morgan fingerprint density at radius 2 is 1.64 bits per heavy atom. The standard InChI is InChI=1S/C19H23N3O4S.ClH/c1-13-11-22(12-14(2)26-13)27(24,25)16-9-7-15(8-10-16)19(23)21-18-6-4-3-5-17(18)20;/h3-10,13-14H,11-12,20H2,1-2H3,(H,21,23);1H. The quantitative estimate of drug-likeness (QED) is 0.733. The van der Waals surface area contributed by atoms with Crippen molar-refractivity contribution >= 4 is 39.7 Å². The zero-order valence-corrected chi connectivity index (χ0v) is 17.3. The molecule has 1 aliphatic rings. The highest BCUT2D eigenvalue weighted by Crippen LogP contribution is 2.22. The zero-order chi connectivity index (χ0) is 19.6. The molecule has 2 aromatic carbocycles. The zero-order valence-electron chi connectivity index (χ0n) is 15.7. The van der Waals surface area contributed by atoms with Crippen molar-refractivity contribution in [3.8, 4) is 0 Å². The van der Waals surface area contributed by atoms with Crippen LogP contribution in [0, 0.1) is 0 Å². The van der Waals surface area contributed by atoms with Crippen LogP contribution in [0.4, 0.5) is 11.4 Å². The Hall–Kier alpha value is -2.13. The van der Waals surface area contributed by atoms with Crippen LogP contribution in [-0.2, 0) is 14.8 Å². The number of hydrogen-bond acceptors (Lipinski definition) is 5. The molecule has 2 aromatic rings. The minimum atomic E-state index is -3.63. The van der Waals surface area contributed by atoms with Crippen molar-refractivity contribution in [2.45, 2.75) is 31.0 Å². The number of amides is 1. The Labute approximate surface area is 171 Å². The number of para-hydroxylation sites is 2. The van der Waals surface area contributed by atoms with Gasteiger partial charge >= 0.3 is 0 Å². The monoisotopic (exact) mass is 425 g/mol. The molecule has 1 saturated heterocycles. The van der Waals surface area contributed by atoms with Gasteiger partial charge in [0.15, 0.2) is 0 Å². The Kier molecular flexibility index (Phi) is 7.06. The SMILES string of the molecule is CC1CN(S(=O)(=O)c2ccc(C(=O)Nc3ccccc3N)cc2)CC(C)O1.Cl. The van der Waals surface area contributed by atoms with Crippen molar-refractivity contribution < 1.29 is 17.9 Å². The number of benzene rings is 2. The van der Waals surface area contributed by atoms with Crippen molar-refractivity contribution in [3.63, 3.8) is 0 Å². The van der Waals surface area contributed by atoms with Crippen LogP contribution in [0.1, 0.15) is 24.2 Å². The van der Waals surface area contributed by atoms with Gasteiger partial charge in [0.2, 0.25) is 10.0 Å². The van der Waals surface area contributed by atoms with Gasteiger partial charge in [0.25, 0.3) is 5.91 Å². The lowest BCUT2D eigenvalue weighted by molar-refractivity contribution is -0.0440. The van der Waals surface area contributed by atoms with Crippen molar-refractivity contribution in [2.24, 2.45) is 0 Å². The summed E-state index contributed by atoms with van der Waals surface area (Å²) in [7, 11) is -3.63. The Morgan fingerprint density at radius 3 is 2.21 bits per heavy atom. The third-order valence-corrected chi connectivity index (χ3v) is 6.20. The Morgan fingerprint density at radius 1 is 1.07 bits per heavy atom. The summed E-state index contributed by atoms with van der Waals surface area (Å²) < 4.78 is 32.7. The molecule has 1 heterocycles. The maximum Gasteiger partial charge on any atom is 0.255 e. The molecule has 0 saturated carbocycles. The molecule has 1 aliphatic heterocycles. The van der Waals surface area contributed by atoms with E-state index < -0.39 is 10.0 Å². The predicted octanol–water partition coefficient (Wildman–Crippen LogP) is 2.74. The van der Waals surface area contributed by atoms with Crippen molar-refractivity contribution in [1.29, 1.82) is 0 Å². The highest BCUT2D eigenvalue weighted by Gasteiger charge is 2.32. The summed E-state index contributed by atoms with van der Waals surface area (Å²) in [6.45, 7) is 4.31. The molecule has 0 bridgehead atoms. The molecule has 152 valence electrons. The third kappa shape index (κ3) is 4.82. The molecule has 2 unspecified atom stereocenters. The summed E-state index contributed by atoms with van der Waals surface area (Å²) in [6.07, 6.45) is -0.324. The number of sulfonamides is 1. The number of nitrogens with two attached hydrogens (primary N) is 1. The van der Waals surface area contributed by atoms with Gasteiger partial charge in [-0.05, 0) is 50.2 Å². The minimum absolute atomic E-state index is 0. The van der Waals surface area contributed by atoms with E-state index in [-0.39, 0.29) is 35.4 Å². The van der Waals surface area contributed by atoms with E-state index in [1.54, 1.807) is 24.3 Å². The lowest BCUT2D eigenvalue weighted by Crippen LogP contribution is -2.48. The molecule has 0 aromatic heterocycles. The molecule has 2 atom stereocenters. The topological polar surface area (TPSA) is 102 Å². The summed E-state index contributed by atoms with van der Waals surface area (Å²) in [6, 6.07) is 12.8. The van der Waals surface area contributed by atoms with Crippen LogP contribution in [0.2, 0.25) is 0 Å². The van der Waals surface area contributed by atoms with Gasteiger partial charge in [0, 0.05) is 18.7 Å². The highest BCUT2D eigenvalue weighted by molar-refractivity contribution is 7.89. The van der Waals surface area contributed by atoms with Gasteiger partial charge < -0.3 is 15.8 Å². The average Bonchev–Trinajstić information content (AvgIpc) is 2.63. The van der Waals surface area contributed by atoms with E-state index >= 15 is 0 Å². The van der Waals surface area contributed by atoms with Crippen LogP contribution in [0.5, 0.6) is 0 Å². The molecule has 9 heteroatoms. The molecule has 0 aliphatic carbocycles. The van der Waals surface area contributed by atoms with E-state index in [2.05, 4.69) is 5.32 Å². The molecule has 28 heavy (non-hydrogen) atoms. The number of hydrogen-bond donors (Lipinski definition) is 2. The molecular weight excluding hydrogens is 402 g/mol. The van der Waals surface area contributed by atoms with Crippen LogP contribution in [-0.4, -0.2) is 43.9 Å². The molecule has 3 N–H and O–H groups in total. The first-order valence-electron chi connectivity index (χ1n) is 8.69. The number of halogens is 1. The maximum atomic E-state index is 12.8. The molecule has 1 amide bonds. The van der Waals surface area contributed by atoms with Crippen molar-refractivity contribution in [1.82, 2.24) is 4.31 Å². The second kappa shape index (κ2) is 8.91. The van der Waals surface area contributed by atoms with Gasteiger partial charge in [-0.2, -0.15) is 4.31 Å². The molecule has 0 spiro atoms. The van der Waals surface area contributed by atoms with E-state index in [1.165, 1.54) is 28.6 Å². The van der Waals surface area contributed by atoms with Crippen LogP contribution in [0.25, 0.3) is 0 Å². The second-order valence-electron chi connectivity index (χ2n) is 6.65. The lowest BCUT2D eigenvalue weighted by atomic mass is 10.2. The number of anilines is 2. The number of nitrogen functional groups attached to an aromatic ring is 1. The summed E-state index contributed by atoms with van der Waals surface area (Å²) in [5.41, 5.74) is 7.14. The van der Waals surface area contributed by atoms with Gasteiger partial charge in [-0.25, -0.2) is 8.42 Å². The first kappa shape index (κ1) is 22.2. The normalized spacial score (nSPS) is 20.2. The van der Waals surface area contributed by atoms with E-state index in [0.717, 1.165) is 0 Å². The Bertz CT molecular complexity index is 924. The fraction of sp³-hybridized carbons (Fsp3) is 0.316. The van der Waals surface area contributed by atoms with Gasteiger partial charge in [-0.15, -0.1) is 12.4 Å². The minimum Gasteiger partial charge on any atom is -0.397 e. The number of rotatable bonds is 4. The van der Waals surface area contributed by atoms with Crippen LogP contribution < -0.4 is 11.1 Å². The first-order valence-corrected chi connectivity index (χ1v) is 10.1. The highest BCUT2D eigenvalue weighted by atomic mass is 35.5. The summed E-state index contributed by atoms with van der Waals surface area (Å²) in [5.74, 6) is -0.356. The molecule has 7 nitrogen and oxygen atoms in total. The number of nitrogens with one attached hydrogen (secondary N) is 1. The average molecular weight is 426 g/mol. The van der Waals surface area contributed by atoms with Crippen LogP contribution >= 0.6 is 12.4 Å². The predicted molar refractivity (Wildman–Crippen MR) is 111 cm³/mol. The van der Waals surface area contributed by atoms with Crippen molar-refractivity contribution in [3.05, 3.63) is 54.1 Å². The van der Waals surface area contributed by atoms with Crippen molar-refractivity contribution in [2.75, 3.05) is 24.1 Å². The third-order valence-electron chi connectivity index (χ3n) is 4.35. The number of nitrogens with zero attached hydrogens (tertiary/aromatic N) is 1. The summed E-state index contributed by atoms with van der Waals surface area (Å²) >= 11 is 0. The molecular formula is C19H24ClN3O4S. The van der Waals surface area contributed by atoms with E-state index in [0.29, 0.717) is 30.0 Å². The molecule has 0 radical (unpaired) electrons. The van der Waals surface area contributed by atoms with Crippen LogP contribution in [0.15, 0.2) is 53.4 Å². The van der Waals surface area contributed by atoms with Gasteiger partial charge in [0.1, 0.15) is 0 Å². The van der Waals surface area contributed by atoms with E-state index in [4.69, 9.17) is 10.5 Å². The number of morpholine rings is 1. The second-order valence-corrected chi connectivity index (χ2v) is 8.58. The summed E-state index contributed by atoms with van der Waals surface area (Å²) in [4.78, 5) is 12.5. The van der Waals surface area contributed by atoms with Gasteiger partial charge in [-0.3, -0.25) is 4.79 Å². The van der Waals surface area contributed by atoms with Gasteiger partial charge in [-0.1, -0.05) is 12.1 Å². The lowest BCUT2D eigenvalue weighted by Gasteiger charge is -2.34. The molecule has 1 fully saturated rings. The first-order chi connectivity index (χ1) is 12.8. The summed E-state index contributed by atoms with van der Waals surface area (Å²) in [5, 5.41) is 2.72. The fourth-order valence-corrected chi connectivity index (χ4v) is 4.65. The molecule has 3 rings (SSSR count). The van der Waals surface area contributed by atoms with E-state index in [1.807, 2.05) is 13.8 Å². The number of ether oxygens (including phenoxy) is 1. The van der Waals surface area contributed by atoms with E-state index in [9.17, 15) is 13.2 Å².